The van der Waals surface area contributed by atoms with Crippen LogP contribution >= 0.6 is 11.6 Å². The zero-order chi connectivity index (χ0) is 22.7. The molecular formula is C23H27ClO8. The highest BCUT2D eigenvalue weighted by Crippen LogP contribution is 2.29. The first-order valence-electron chi connectivity index (χ1n) is 10.5. The summed E-state index contributed by atoms with van der Waals surface area (Å²) in [5.74, 6) is 1.16. The van der Waals surface area contributed by atoms with Crippen molar-refractivity contribution in [3.8, 4) is 11.5 Å². The lowest BCUT2D eigenvalue weighted by Crippen LogP contribution is -2.60. The Balaban J connectivity index is 1.42. The van der Waals surface area contributed by atoms with Crippen LogP contribution in [0, 0.1) is 0 Å². The Bertz CT molecular complexity index is 884. The van der Waals surface area contributed by atoms with Gasteiger partial charge in [0.05, 0.1) is 19.8 Å². The fraction of sp³-hybridized carbons (Fsp3) is 0.478. The fourth-order valence-electron chi connectivity index (χ4n) is 3.76. The molecule has 0 saturated carbocycles. The summed E-state index contributed by atoms with van der Waals surface area (Å²) in [6, 6.07) is 12.8. The molecule has 0 bridgehead atoms. The second-order valence-corrected chi connectivity index (χ2v) is 8.40. The number of ether oxygens (including phenoxy) is 4. The smallest absolute Gasteiger partial charge is 0.229 e. The molecule has 2 aliphatic rings. The van der Waals surface area contributed by atoms with E-state index in [0.29, 0.717) is 23.8 Å². The van der Waals surface area contributed by atoms with Gasteiger partial charge in [-0.2, -0.15) is 0 Å². The highest BCUT2D eigenvalue weighted by Gasteiger charge is 2.44. The van der Waals surface area contributed by atoms with E-state index >= 15 is 0 Å². The molecule has 2 fully saturated rings. The molecule has 2 aromatic rings. The Morgan fingerprint density at radius 2 is 1.69 bits per heavy atom. The van der Waals surface area contributed by atoms with Crippen molar-refractivity contribution in [3.63, 3.8) is 0 Å². The molecule has 2 aliphatic heterocycles. The van der Waals surface area contributed by atoms with Crippen molar-refractivity contribution < 1.29 is 39.4 Å². The first-order valence-corrected chi connectivity index (χ1v) is 10.9. The van der Waals surface area contributed by atoms with E-state index in [1.165, 1.54) is 0 Å². The van der Waals surface area contributed by atoms with E-state index in [1.807, 2.05) is 24.3 Å². The molecule has 0 aliphatic carbocycles. The van der Waals surface area contributed by atoms with Crippen LogP contribution in [0.2, 0.25) is 5.02 Å². The average molecular weight is 467 g/mol. The van der Waals surface area contributed by atoms with Crippen molar-refractivity contribution in [2.75, 3.05) is 19.8 Å². The number of rotatable bonds is 7. The first kappa shape index (κ1) is 23.3. The molecule has 0 aromatic heterocycles. The number of hydrogen-bond donors (Lipinski definition) is 4. The number of aliphatic hydroxyl groups is 4. The van der Waals surface area contributed by atoms with Gasteiger partial charge in [0.25, 0.3) is 0 Å². The summed E-state index contributed by atoms with van der Waals surface area (Å²) in [5, 5.41) is 39.9. The lowest BCUT2D eigenvalue weighted by Gasteiger charge is -2.39. The van der Waals surface area contributed by atoms with Crippen LogP contribution in [0.3, 0.4) is 0 Å². The van der Waals surface area contributed by atoms with E-state index in [4.69, 9.17) is 30.5 Å². The molecule has 0 radical (unpaired) electrons. The Hall–Kier alpha value is -1.91. The van der Waals surface area contributed by atoms with Gasteiger partial charge in [-0.15, -0.1) is 0 Å². The van der Waals surface area contributed by atoms with Crippen LogP contribution in [0.15, 0.2) is 42.5 Å². The topological polar surface area (TPSA) is 118 Å². The van der Waals surface area contributed by atoms with Crippen molar-refractivity contribution in [3.05, 3.63) is 58.6 Å². The molecule has 2 heterocycles. The Kier molecular flexibility index (Phi) is 7.52. The predicted molar refractivity (Wildman–Crippen MR) is 115 cm³/mol. The molecule has 0 spiro atoms. The van der Waals surface area contributed by atoms with Crippen molar-refractivity contribution in [2.24, 2.45) is 0 Å². The molecule has 32 heavy (non-hydrogen) atoms. The van der Waals surface area contributed by atoms with E-state index in [2.05, 4.69) is 0 Å². The average Bonchev–Trinajstić information content (AvgIpc) is 3.31. The van der Waals surface area contributed by atoms with Gasteiger partial charge in [0.15, 0.2) is 0 Å². The van der Waals surface area contributed by atoms with Gasteiger partial charge in [0.2, 0.25) is 6.29 Å². The number of halogens is 1. The molecule has 4 rings (SSSR count). The maximum absolute atomic E-state index is 10.2. The first-order chi connectivity index (χ1) is 15.4. The molecule has 9 heteroatoms. The van der Waals surface area contributed by atoms with Gasteiger partial charge >= 0.3 is 0 Å². The van der Waals surface area contributed by atoms with Crippen LogP contribution < -0.4 is 9.47 Å². The minimum absolute atomic E-state index is 0.0894. The minimum Gasteiger partial charge on any atom is -0.488 e. The third-order valence-corrected chi connectivity index (χ3v) is 6.00. The summed E-state index contributed by atoms with van der Waals surface area (Å²) in [4.78, 5) is 0. The van der Waals surface area contributed by atoms with Crippen molar-refractivity contribution in [1.29, 1.82) is 0 Å². The summed E-state index contributed by atoms with van der Waals surface area (Å²) in [7, 11) is 0. The minimum atomic E-state index is -1.51. The third kappa shape index (κ3) is 5.35. The van der Waals surface area contributed by atoms with Crippen molar-refractivity contribution in [1.82, 2.24) is 0 Å². The number of hydrogen-bond acceptors (Lipinski definition) is 8. The Morgan fingerprint density at radius 3 is 2.38 bits per heavy atom. The van der Waals surface area contributed by atoms with Gasteiger partial charge < -0.3 is 39.4 Å². The molecule has 0 amide bonds. The molecule has 2 aromatic carbocycles. The molecule has 4 N–H and O–H groups in total. The maximum Gasteiger partial charge on any atom is 0.229 e. The zero-order valence-corrected chi connectivity index (χ0v) is 18.1. The Labute approximate surface area is 190 Å². The maximum atomic E-state index is 10.2. The summed E-state index contributed by atoms with van der Waals surface area (Å²) in [6.07, 6.45) is -5.21. The SMILES string of the molecule is OC[C@H]1OC(Oc2ccc(Cl)c(Cc3ccc(O[C@H]4CCOC4)cc3)c2)[C@H](O)[C@@H](O)[C@@H]1O. The van der Waals surface area contributed by atoms with E-state index in [9.17, 15) is 20.4 Å². The molecule has 2 saturated heterocycles. The van der Waals surface area contributed by atoms with Crippen LogP contribution in [0.5, 0.6) is 11.5 Å². The molecular weight excluding hydrogens is 440 g/mol. The van der Waals surface area contributed by atoms with E-state index in [-0.39, 0.29) is 6.10 Å². The van der Waals surface area contributed by atoms with Crippen molar-refractivity contribution in [2.45, 2.75) is 49.7 Å². The largest absolute Gasteiger partial charge is 0.488 e. The highest BCUT2D eigenvalue weighted by atomic mass is 35.5. The normalized spacial score (nSPS) is 30.3. The van der Waals surface area contributed by atoms with Gasteiger partial charge in [0, 0.05) is 11.4 Å². The zero-order valence-electron chi connectivity index (χ0n) is 17.3. The fourth-order valence-corrected chi connectivity index (χ4v) is 3.95. The van der Waals surface area contributed by atoms with Gasteiger partial charge in [-0.05, 0) is 47.9 Å². The number of aliphatic hydroxyl groups excluding tert-OH is 4. The highest BCUT2D eigenvalue weighted by molar-refractivity contribution is 6.31. The van der Waals surface area contributed by atoms with Gasteiger partial charge in [-0.25, -0.2) is 0 Å². The van der Waals surface area contributed by atoms with Gasteiger partial charge in [-0.3, -0.25) is 0 Å². The second kappa shape index (κ2) is 10.4. The van der Waals surface area contributed by atoms with Crippen LogP contribution in [0.25, 0.3) is 0 Å². The monoisotopic (exact) mass is 466 g/mol. The van der Waals surface area contributed by atoms with Gasteiger partial charge in [-0.1, -0.05) is 23.7 Å². The van der Waals surface area contributed by atoms with Gasteiger partial charge in [0.1, 0.15) is 42.0 Å². The summed E-state index contributed by atoms with van der Waals surface area (Å²) >= 11 is 6.37. The third-order valence-electron chi connectivity index (χ3n) is 5.63. The molecule has 174 valence electrons. The molecule has 8 nitrogen and oxygen atoms in total. The lowest BCUT2D eigenvalue weighted by molar-refractivity contribution is -0.277. The Morgan fingerprint density at radius 1 is 0.938 bits per heavy atom. The molecule has 1 unspecified atom stereocenters. The lowest BCUT2D eigenvalue weighted by atomic mass is 9.99. The van der Waals surface area contributed by atoms with Crippen LogP contribution in [0.1, 0.15) is 17.5 Å². The standard InChI is InChI=1S/C23H27ClO8/c24-18-6-5-16(31-23-22(28)21(27)20(26)19(11-25)32-23)10-14(18)9-13-1-3-15(4-2-13)30-17-7-8-29-12-17/h1-6,10,17,19-23,25-28H,7-9,11-12H2/t17-,19+,20+,21-,22+,23?/m0/s1. The van der Waals surface area contributed by atoms with Crippen LogP contribution in [-0.2, 0) is 15.9 Å². The summed E-state index contributed by atoms with van der Waals surface area (Å²) < 4.78 is 22.3. The van der Waals surface area contributed by atoms with E-state index in [0.717, 1.165) is 29.9 Å². The van der Waals surface area contributed by atoms with Crippen LogP contribution in [0.4, 0.5) is 0 Å². The quantitative estimate of drug-likeness (QED) is 0.482. The van der Waals surface area contributed by atoms with Crippen LogP contribution in [-0.4, -0.2) is 77.1 Å². The second-order valence-electron chi connectivity index (χ2n) is 7.99. The predicted octanol–water partition coefficient (Wildman–Crippen LogP) is 1.28. The number of benzene rings is 2. The summed E-state index contributed by atoms with van der Waals surface area (Å²) in [5.41, 5.74) is 1.82. The van der Waals surface area contributed by atoms with Crippen molar-refractivity contribution >= 4 is 11.6 Å². The molecule has 6 atom stereocenters. The van der Waals surface area contributed by atoms with E-state index in [1.54, 1.807) is 18.2 Å². The summed E-state index contributed by atoms with van der Waals surface area (Å²) in [6.45, 7) is 0.811. The van der Waals surface area contributed by atoms with E-state index < -0.39 is 37.3 Å².